The summed E-state index contributed by atoms with van der Waals surface area (Å²) in [6, 6.07) is 20.6. The molecule has 0 fully saturated rings. The number of thioether (sulfide) groups is 1. The zero-order valence-corrected chi connectivity index (χ0v) is 30.1. The molecule has 4 rings (SSSR count). The fourth-order valence-corrected chi connectivity index (χ4v) is 9.65. The van der Waals surface area contributed by atoms with Gasteiger partial charge in [0, 0.05) is 46.2 Å². The molecule has 0 spiro atoms. The molecule has 0 N–H and O–H groups in total. The van der Waals surface area contributed by atoms with Crippen LogP contribution >= 0.6 is 23.1 Å². The van der Waals surface area contributed by atoms with Crippen LogP contribution < -0.4 is 33.4 Å². The Balaban J connectivity index is 0.00000400. The Hall–Kier alpha value is -0.876. The summed E-state index contributed by atoms with van der Waals surface area (Å²) in [4.78, 5) is 3.97. The lowest BCUT2D eigenvalue weighted by atomic mass is 10.2. The van der Waals surface area contributed by atoms with Gasteiger partial charge < -0.3 is 28.9 Å². The van der Waals surface area contributed by atoms with Crippen LogP contribution in [0.1, 0.15) is 31.2 Å². The number of halogens is 1. The Bertz CT molecular complexity index is 1290. The van der Waals surface area contributed by atoms with Gasteiger partial charge >= 0.3 is 0 Å². The van der Waals surface area contributed by atoms with Crippen molar-refractivity contribution in [1.82, 2.24) is 0 Å². The number of allylic oxidation sites excluding steroid dienone is 2. The number of rotatable bonds is 11. The lowest BCUT2D eigenvalue weighted by Gasteiger charge is -2.23. The minimum atomic E-state index is -1.04. The van der Waals surface area contributed by atoms with E-state index < -0.39 is 16.1 Å². The van der Waals surface area contributed by atoms with Gasteiger partial charge in [0.2, 0.25) is 5.52 Å². The molecule has 206 valence electrons. The third-order valence-electron chi connectivity index (χ3n) is 6.92. The van der Waals surface area contributed by atoms with Crippen LogP contribution in [0.25, 0.3) is 16.3 Å². The molecule has 2 heterocycles. The van der Waals surface area contributed by atoms with E-state index >= 15 is 0 Å². The molecule has 0 unspecified atom stereocenters. The number of nitrogens with zero attached hydrogens (tertiary/aromatic N) is 2. The summed E-state index contributed by atoms with van der Waals surface area (Å²) in [5.74, 6) is 0. The second kappa shape index (κ2) is 13.7. The number of anilines is 1. The second-order valence-corrected chi connectivity index (χ2v) is 26.0. The van der Waals surface area contributed by atoms with Crippen LogP contribution in [-0.2, 0) is 6.54 Å². The van der Waals surface area contributed by atoms with Crippen molar-refractivity contribution < 1.29 is 28.5 Å². The summed E-state index contributed by atoms with van der Waals surface area (Å²) in [6.07, 6.45) is 8.50. The molecule has 0 bridgehead atoms. The van der Waals surface area contributed by atoms with Gasteiger partial charge in [-0.3, -0.25) is 0 Å². The number of thiazole rings is 1. The summed E-state index contributed by atoms with van der Waals surface area (Å²) in [5, 5.41) is 2.77. The molecule has 0 radical (unpaired) electrons. The van der Waals surface area contributed by atoms with Crippen LogP contribution in [0.5, 0.6) is 0 Å². The molecular weight excluding hydrogens is 648 g/mol. The van der Waals surface area contributed by atoms with Crippen molar-refractivity contribution in [3.05, 3.63) is 70.2 Å². The summed E-state index contributed by atoms with van der Waals surface area (Å²) >= 11 is 3.88. The van der Waals surface area contributed by atoms with Crippen molar-refractivity contribution in [3.8, 4) is 0 Å². The molecule has 0 aliphatic carbocycles. The van der Waals surface area contributed by atoms with Crippen LogP contribution in [0.4, 0.5) is 5.69 Å². The molecule has 38 heavy (non-hydrogen) atoms. The Morgan fingerprint density at radius 3 is 2.26 bits per heavy atom. The summed E-state index contributed by atoms with van der Waals surface area (Å²) < 4.78 is 3.97. The normalized spacial score (nSPS) is 15.3. The highest BCUT2D eigenvalue weighted by molar-refractivity contribution is 8.03. The Morgan fingerprint density at radius 2 is 1.55 bits per heavy atom. The van der Waals surface area contributed by atoms with Crippen LogP contribution in [0.15, 0.2) is 70.1 Å². The monoisotopic (exact) mass is 692 g/mol. The third kappa shape index (κ3) is 8.56. The van der Waals surface area contributed by atoms with Gasteiger partial charge in [0.25, 0.3) is 5.01 Å². The third-order valence-corrected chi connectivity index (χ3v) is 12.8. The largest absolute Gasteiger partial charge is 1.00 e. The van der Waals surface area contributed by atoms with Crippen LogP contribution in [0.3, 0.4) is 0 Å². The highest BCUT2D eigenvalue weighted by Crippen LogP contribution is 2.46. The van der Waals surface area contributed by atoms with Gasteiger partial charge in [0.1, 0.15) is 11.2 Å². The van der Waals surface area contributed by atoms with Crippen molar-refractivity contribution in [3.63, 3.8) is 0 Å². The lowest BCUT2D eigenvalue weighted by Crippen LogP contribution is -3.00. The molecular formula is C31H45IN2S2Si2. The maximum absolute atomic E-state index is 2.58. The quantitative estimate of drug-likeness (QED) is 0.123. The average Bonchev–Trinajstić information content (AvgIpc) is 3.35. The number of benzene rings is 2. The predicted octanol–water partition coefficient (Wildman–Crippen LogP) is 6.90. The smallest absolute Gasteiger partial charge is 0.263 e. The number of aryl methyl sites for hydroxylation is 1. The number of hydrogen-bond acceptors (Lipinski definition) is 3. The van der Waals surface area contributed by atoms with E-state index in [2.05, 4.69) is 116 Å². The Morgan fingerprint density at radius 1 is 0.895 bits per heavy atom. The molecule has 0 atom stereocenters. The van der Waals surface area contributed by atoms with E-state index in [0.717, 1.165) is 19.5 Å². The summed E-state index contributed by atoms with van der Waals surface area (Å²) in [6.45, 7) is 19.4. The molecule has 1 aliphatic heterocycles. The number of aromatic nitrogens is 1. The zero-order chi connectivity index (χ0) is 26.6. The summed E-state index contributed by atoms with van der Waals surface area (Å²) in [7, 11) is -2.08. The minimum Gasteiger partial charge on any atom is -1.00 e. The standard InChI is InChI=1S/C31H45N2S2Si2.HI/c1-8-25(23-30-32(19-13-21-36(2,3)4)26-15-9-11-17-28(26)34-30)24-31-33(20-14-22-37(5,6)7)27-16-10-12-18-29(27)35-31;/h9-12,15-18,23-24H,8,13-14,19-22H2,1-7H3;1H/q+1;/p-1. The highest BCUT2D eigenvalue weighted by Gasteiger charge is 2.26. The first-order valence-corrected chi connectivity index (χ1v) is 23.0. The van der Waals surface area contributed by atoms with Crippen LogP contribution in [0.2, 0.25) is 51.4 Å². The van der Waals surface area contributed by atoms with Gasteiger partial charge in [0.05, 0.1) is 10.7 Å². The number of hydrogen-bond donors (Lipinski definition) is 0. The van der Waals surface area contributed by atoms with Gasteiger partial charge in [-0.2, -0.15) is 4.57 Å². The van der Waals surface area contributed by atoms with Crippen molar-refractivity contribution >= 4 is 61.2 Å². The molecule has 2 aromatic carbocycles. The van der Waals surface area contributed by atoms with Crippen molar-refractivity contribution in [2.75, 3.05) is 11.4 Å². The van der Waals surface area contributed by atoms with Gasteiger partial charge in [-0.1, -0.05) is 106 Å². The van der Waals surface area contributed by atoms with Crippen molar-refractivity contribution in [1.29, 1.82) is 0 Å². The van der Waals surface area contributed by atoms with Gasteiger partial charge in [-0.05, 0) is 42.7 Å². The second-order valence-electron chi connectivity index (χ2n) is 12.7. The molecule has 3 aromatic rings. The molecule has 7 heteroatoms. The fraction of sp³-hybridized carbons (Fsp3) is 0.452. The number of fused-ring (bicyclic) bond motifs is 2. The van der Waals surface area contributed by atoms with E-state index in [4.69, 9.17) is 0 Å². The van der Waals surface area contributed by atoms with Crippen LogP contribution in [0, 0.1) is 0 Å². The van der Waals surface area contributed by atoms with E-state index in [-0.39, 0.29) is 24.0 Å². The van der Waals surface area contributed by atoms with Crippen molar-refractivity contribution in [2.45, 2.75) is 89.0 Å². The van der Waals surface area contributed by atoms with E-state index in [0.29, 0.717) is 0 Å². The lowest BCUT2D eigenvalue weighted by molar-refractivity contribution is -0.668. The van der Waals surface area contributed by atoms with Gasteiger partial charge in [0.15, 0.2) is 0 Å². The first kappa shape index (κ1) is 31.6. The molecule has 0 saturated carbocycles. The SMILES string of the molecule is CCC(=Cc1sc2ccccc2[n+]1CCC[Si](C)(C)C)C=C1Sc2ccccc2N1CCC[Si](C)(C)C.[I-]. The molecule has 0 saturated heterocycles. The summed E-state index contributed by atoms with van der Waals surface area (Å²) in [5.41, 5.74) is 4.18. The molecule has 0 amide bonds. The maximum Gasteiger partial charge on any atom is 0.263 e. The van der Waals surface area contributed by atoms with Crippen LogP contribution in [-0.4, -0.2) is 22.7 Å². The minimum absolute atomic E-state index is 0. The van der Waals surface area contributed by atoms with E-state index in [1.807, 2.05) is 23.1 Å². The predicted molar refractivity (Wildman–Crippen MR) is 174 cm³/mol. The van der Waals surface area contributed by atoms with E-state index in [1.54, 1.807) is 0 Å². The van der Waals surface area contributed by atoms with Gasteiger partial charge in [-0.25, -0.2) is 0 Å². The average molecular weight is 693 g/mol. The topological polar surface area (TPSA) is 7.12 Å². The van der Waals surface area contributed by atoms with E-state index in [9.17, 15) is 0 Å². The first-order valence-electron chi connectivity index (χ1n) is 13.9. The fourth-order valence-electron chi connectivity index (χ4n) is 4.88. The molecule has 2 nitrogen and oxygen atoms in total. The number of para-hydroxylation sites is 2. The van der Waals surface area contributed by atoms with E-state index in [1.165, 1.54) is 61.3 Å². The molecule has 1 aromatic heterocycles. The zero-order valence-electron chi connectivity index (χ0n) is 24.3. The highest BCUT2D eigenvalue weighted by atomic mass is 127. The Labute approximate surface area is 258 Å². The first-order chi connectivity index (χ1) is 17.5. The van der Waals surface area contributed by atoms with Crippen molar-refractivity contribution in [2.24, 2.45) is 0 Å². The molecule has 1 aliphatic rings. The Kier molecular flexibility index (Phi) is 11.4. The maximum atomic E-state index is 2.58. The van der Waals surface area contributed by atoms with Gasteiger partial charge in [-0.15, -0.1) is 0 Å².